The van der Waals surface area contributed by atoms with Crippen LogP contribution < -0.4 is 4.74 Å². The van der Waals surface area contributed by atoms with Crippen LogP contribution in [0.1, 0.15) is 50.4 Å². The fourth-order valence-corrected chi connectivity index (χ4v) is 5.29. The summed E-state index contributed by atoms with van der Waals surface area (Å²) in [4.78, 5) is 21.7. The molecule has 228 valence electrons. The Morgan fingerprint density at radius 3 is 2.56 bits per heavy atom. The van der Waals surface area contributed by atoms with Crippen LogP contribution in [0.2, 0.25) is 0 Å². The smallest absolute Gasteiger partial charge is 0.337 e. The monoisotopic (exact) mass is 602 g/mol. The average molecular weight is 603 g/mol. The van der Waals surface area contributed by atoms with E-state index in [1.165, 1.54) is 13.5 Å². The topological polar surface area (TPSA) is 108 Å². The second-order valence-electron chi connectivity index (χ2n) is 11.0. The summed E-state index contributed by atoms with van der Waals surface area (Å²) in [5, 5.41) is 9.40. The zero-order chi connectivity index (χ0) is 31.2. The van der Waals surface area contributed by atoms with Gasteiger partial charge in [0.25, 0.3) is 0 Å². The second kappa shape index (κ2) is 13.7. The molecule has 1 saturated heterocycles. The third kappa shape index (κ3) is 6.88. The molecule has 9 nitrogen and oxygen atoms in total. The molecule has 45 heavy (non-hydrogen) atoms. The first-order chi connectivity index (χ1) is 22.0. The first-order valence-corrected chi connectivity index (χ1v) is 15.0. The molecular weight excluding hydrogens is 568 g/mol. The molecule has 3 aromatic carbocycles. The van der Waals surface area contributed by atoms with Crippen molar-refractivity contribution in [3.05, 3.63) is 112 Å². The summed E-state index contributed by atoms with van der Waals surface area (Å²) in [6, 6.07) is 25.3. The predicted molar refractivity (Wildman–Crippen MR) is 169 cm³/mol. The molecule has 2 aliphatic rings. The number of esters is 1. The van der Waals surface area contributed by atoms with Gasteiger partial charge in [-0.2, -0.15) is 5.26 Å². The standard InChI is InChI=1S/C33H28N4O4.C3H6O/c1-37-30-16-25(33(38)39-2)10-11-29(30)35-31(37)17-22-8-9-24-15-27(22)19-40-13-12-23-14-21(18-34)6-7-26(23)20-41-32-5-3-4-28(24)36-32;1-2-4-3-1/h3-11,14-16H,12-13,17,19-20H2,1-2H3;1-3H2. The van der Waals surface area contributed by atoms with Crippen LogP contribution in [0.3, 0.4) is 0 Å². The fraction of sp³-hybridized carbons (Fsp3) is 0.278. The largest absolute Gasteiger partial charge is 0.473 e. The number of hydrogen-bond acceptors (Lipinski definition) is 8. The Balaban J connectivity index is 0.000000828. The summed E-state index contributed by atoms with van der Waals surface area (Å²) in [6.45, 7) is 3.28. The number of aromatic nitrogens is 3. The van der Waals surface area contributed by atoms with E-state index in [-0.39, 0.29) is 5.97 Å². The van der Waals surface area contributed by atoms with Crippen LogP contribution in [0.25, 0.3) is 22.3 Å². The van der Waals surface area contributed by atoms with Crippen LogP contribution in [0.5, 0.6) is 5.88 Å². The molecule has 0 aliphatic carbocycles. The molecule has 4 bridgehead atoms. The van der Waals surface area contributed by atoms with Gasteiger partial charge in [-0.3, -0.25) is 0 Å². The first kappa shape index (κ1) is 30.0. The van der Waals surface area contributed by atoms with Crippen molar-refractivity contribution in [1.29, 1.82) is 5.26 Å². The van der Waals surface area contributed by atoms with Gasteiger partial charge >= 0.3 is 5.97 Å². The highest BCUT2D eigenvalue weighted by molar-refractivity contribution is 5.93. The Labute approximate surface area is 262 Å². The number of fused-ring (bicyclic) bond motifs is 7. The Hall–Kier alpha value is -5.04. The van der Waals surface area contributed by atoms with E-state index in [1.54, 1.807) is 6.07 Å². The van der Waals surface area contributed by atoms with E-state index in [1.807, 2.05) is 60.1 Å². The van der Waals surface area contributed by atoms with Gasteiger partial charge in [-0.05, 0) is 77.6 Å². The molecule has 2 aliphatic heterocycles. The zero-order valence-corrected chi connectivity index (χ0v) is 25.4. The second-order valence-corrected chi connectivity index (χ2v) is 11.0. The maximum Gasteiger partial charge on any atom is 0.337 e. The molecule has 7 rings (SSSR count). The maximum atomic E-state index is 12.1. The minimum atomic E-state index is -0.376. The Bertz CT molecular complexity index is 1880. The van der Waals surface area contributed by atoms with E-state index < -0.39 is 0 Å². The van der Waals surface area contributed by atoms with Crippen molar-refractivity contribution in [1.82, 2.24) is 14.5 Å². The van der Waals surface area contributed by atoms with Crippen LogP contribution in [0.4, 0.5) is 0 Å². The molecule has 5 aromatic rings. The van der Waals surface area contributed by atoms with Gasteiger partial charge in [-0.25, -0.2) is 14.8 Å². The number of hydrogen-bond donors (Lipinski definition) is 0. The van der Waals surface area contributed by atoms with E-state index in [0.717, 1.165) is 63.6 Å². The summed E-state index contributed by atoms with van der Waals surface area (Å²) >= 11 is 0. The SMILES string of the molecule is C1COC1.COC(=O)c1ccc2nc(Cc3ccc4cc3COCCc3cc(C#N)ccc3COc3cccc-4n3)n(C)c2c1. The van der Waals surface area contributed by atoms with Crippen molar-refractivity contribution in [2.75, 3.05) is 26.9 Å². The number of carbonyl (C=O) groups excluding carboxylic acids is 1. The van der Waals surface area contributed by atoms with Crippen molar-refractivity contribution in [3.8, 4) is 23.2 Å². The normalized spacial score (nSPS) is 14.0. The number of ether oxygens (including phenoxy) is 4. The minimum Gasteiger partial charge on any atom is -0.473 e. The molecule has 0 spiro atoms. The number of imidazole rings is 1. The first-order valence-electron chi connectivity index (χ1n) is 15.0. The van der Waals surface area contributed by atoms with Gasteiger partial charge in [0.1, 0.15) is 12.4 Å². The van der Waals surface area contributed by atoms with Crippen molar-refractivity contribution in [2.24, 2.45) is 7.05 Å². The molecule has 0 saturated carbocycles. The van der Waals surface area contributed by atoms with Crippen molar-refractivity contribution < 1.29 is 23.7 Å². The van der Waals surface area contributed by atoms with Crippen molar-refractivity contribution in [2.45, 2.75) is 32.5 Å². The summed E-state index contributed by atoms with van der Waals surface area (Å²) in [6.07, 6.45) is 2.52. The van der Waals surface area contributed by atoms with E-state index >= 15 is 0 Å². The van der Waals surface area contributed by atoms with Crippen LogP contribution >= 0.6 is 0 Å². The lowest BCUT2D eigenvalue weighted by molar-refractivity contribution is 0.0367. The van der Waals surface area contributed by atoms with Crippen molar-refractivity contribution >= 4 is 17.0 Å². The number of nitriles is 1. The molecule has 0 N–H and O–H groups in total. The Morgan fingerprint density at radius 2 is 1.78 bits per heavy atom. The summed E-state index contributed by atoms with van der Waals surface area (Å²) in [5.41, 5.74) is 8.73. The Kier molecular flexibility index (Phi) is 9.15. The van der Waals surface area contributed by atoms with E-state index in [0.29, 0.717) is 49.7 Å². The van der Waals surface area contributed by atoms with E-state index in [2.05, 4.69) is 24.3 Å². The lowest BCUT2D eigenvalue weighted by Gasteiger charge is -2.16. The number of nitrogens with zero attached hydrogens (tertiary/aromatic N) is 4. The van der Waals surface area contributed by atoms with Crippen LogP contribution in [-0.2, 0) is 47.3 Å². The third-order valence-electron chi connectivity index (χ3n) is 8.03. The number of rotatable bonds is 3. The van der Waals surface area contributed by atoms with E-state index in [9.17, 15) is 10.1 Å². The fourth-order valence-electron chi connectivity index (χ4n) is 5.29. The van der Waals surface area contributed by atoms with E-state index in [4.69, 9.17) is 28.9 Å². The lowest BCUT2D eigenvalue weighted by Crippen LogP contribution is -2.09. The maximum absolute atomic E-state index is 12.1. The Morgan fingerprint density at radius 1 is 0.933 bits per heavy atom. The van der Waals surface area contributed by atoms with Gasteiger partial charge in [-0.1, -0.05) is 24.3 Å². The molecule has 9 heteroatoms. The van der Waals surface area contributed by atoms with Gasteiger partial charge in [0.2, 0.25) is 5.88 Å². The highest BCUT2D eigenvalue weighted by atomic mass is 16.5. The van der Waals surface area contributed by atoms with Crippen LogP contribution in [0.15, 0.2) is 72.8 Å². The van der Waals surface area contributed by atoms with Gasteiger partial charge < -0.3 is 23.5 Å². The van der Waals surface area contributed by atoms with Gasteiger partial charge in [0.05, 0.1) is 54.2 Å². The van der Waals surface area contributed by atoms with Gasteiger partial charge in [0, 0.05) is 38.3 Å². The molecule has 1 fully saturated rings. The summed E-state index contributed by atoms with van der Waals surface area (Å²) in [5.74, 6) is 1.04. The van der Waals surface area contributed by atoms with Crippen LogP contribution in [-0.4, -0.2) is 47.4 Å². The quantitative estimate of drug-likeness (QED) is 0.234. The summed E-state index contributed by atoms with van der Waals surface area (Å²) in [7, 11) is 3.33. The lowest BCUT2D eigenvalue weighted by atomic mass is 9.99. The van der Waals surface area contributed by atoms with Crippen molar-refractivity contribution in [3.63, 3.8) is 0 Å². The molecular formula is C36H34N4O5. The predicted octanol–water partition coefficient (Wildman–Crippen LogP) is 5.94. The minimum absolute atomic E-state index is 0.362. The number of aryl methyl sites for hydroxylation is 1. The van der Waals surface area contributed by atoms with Gasteiger partial charge in [0.15, 0.2) is 0 Å². The summed E-state index contributed by atoms with van der Waals surface area (Å²) < 4.78 is 23.9. The number of pyridine rings is 1. The molecule has 0 unspecified atom stereocenters. The highest BCUT2D eigenvalue weighted by Gasteiger charge is 2.16. The van der Waals surface area contributed by atoms with Crippen LogP contribution in [0, 0.1) is 11.3 Å². The number of benzene rings is 3. The number of carbonyl (C=O) groups is 1. The average Bonchev–Trinajstić information content (AvgIpc) is 3.35. The molecule has 2 aromatic heterocycles. The molecule has 0 radical (unpaired) electrons. The highest BCUT2D eigenvalue weighted by Crippen LogP contribution is 2.27. The molecule has 0 atom stereocenters. The zero-order valence-electron chi connectivity index (χ0n) is 25.4. The van der Waals surface area contributed by atoms with Gasteiger partial charge in [-0.15, -0.1) is 0 Å². The third-order valence-corrected chi connectivity index (χ3v) is 8.03. The number of methoxy groups -OCH3 is 1. The molecule has 4 heterocycles. The molecule has 0 amide bonds.